The summed E-state index contributed by atoms with van der Waals surface area (Å²) < 4.78 is 37.7. The third kappa shape index (κ3) is 3.34. The normalized spacial score (nSPS) is 11.3. The van der Waals surface area contributed by atoms with Crippen LogP contribution < -0.4 is 11.1 Å². The minimum atomic E-state index is -4.38. The van der Waals surface area contributed by atoms with Crippen molar-refractivity contribution in [3.05, 3.63) is 53.6 Å². The molecule has 0 bridgehead atoms. The second kappa shape index (κ2) is 5.32. The Balaban J connectivity index is 2.13. The summed E-state index contributed by atoms with van der Waals surface area (Å²) in [5, 5.41) is 12.4. The number of nitrogens with two attached hydrogens (primary N) is 1. The molecule has 2 aromatic carbocycles. The Bertz CT molecular complexity index is 612. The monoisotopic (exact) mass is 282 g/mol. The highest BCUT2D eigenvalue weighted by Gasteiger charge is 2.30. The van der Waals surface area contributed by atoms with Crippen LogP contribution >= 0.6 is 0 Å². The van der Waals surface area contributed by atoms with Gasteiger partial charge in [-0.1, -0.05) is 6.07 Å². The van der Waals surface area contributed by atoms with Crippen LogP contribution in [0.5, 0.6) is 5.75 Å². The van der Waals surface area contributed by atoms with Gasteiger partial charge >= 0.3 is 6.18 Å². The van der Waals surface area contributed by atoms with Gasteiger partial charge in [-0.3, -0.25) is 0 Å². The first-order chi connectivity index (χ1) is 9.36. The molecule has 0 saturated carbocycles. The minimum Gasteiger partial charge on any atom is -0.508 e. The standard InChI is InChI=1S/C14H13F3N2O/c15-14(16,17)10-2-1-3-12(7-10)19-8-9-6-11(18)4-5-13(9)20/h1-7,19-20H,8,18H2. The van der Waals surface area contributed by atoms with Gasteiger partial charge in [0.1, 0.15) is 5.75 Å². The Hall–Kier alpha value is -2.37. The van der Waals surface area contributed by atoms with Crippen molar-refractivity contribution in [2.75, 3.05) is 11.1 Å². The third-order valence-electron chi connectivity index (χ3n) is 2.78. The van der Waals surface area contributed by atoms with Crippen molar-refractivity contribution < 1.29 is 18.3 Å². The van der Waals surface area contributed by atoms with E-state index in [4.69, 9.17) is 5.73 Å². The molecule has 3 nitrogen and oxygen atoms in total. The molecule has 0 aliphatic rings. The lowest BCUT2D eigenvalue weighted by atomic mass is 10.1. The summed E-state index contributed by atoms with van der Waals surface area (Å²) in [5.41, 5.74) is 6.18. The molecule has 0 unspecified atom stereocenters. The number of benzene rings is 2. The molecule has 0 atom stereocenters. The predicted octanol–water partition coefficient (Wildman–Crippen LogP) is 3.61. The van der Waals surface area contributed by atoms with Gasteiger partial charge in [-0.25, -0.2) is 0 Å². The van der Waals surface area contributed by atoms with Gasteiger partial charge in [0.25, 0.3) is 0 Å². The summed E-state index contributed by atoms with van der Waals surface area (Å²) >= 11 is 0. The van der Waals surface area contributed by atoms with Gasteiger partial charge in [0.15, 0.2) is 0 Å². The quantitative estimate of drug-likeness (QED) is 0.595. The molecule has 2 rings (SSSR count). The van der Waals surface area contributed by atoms with Gasteiger partial charge in [-0.05, 0) is 36.4 Å². The van der Waals surface area contributed by atoms with Crippen molar-refractivity contribution in [1.82, 2.24) is 0 Å². The zero-order chi connectivity index (χ0) is 14.8. The Morgan fingerprint density at radius 2 is 1.85 bits per heavy atom. The smallest absolute Gasteiger partial charge is 0.416 e. The molecule has 0 aliphatic heterocycles. The van der Waals surface area contributed by atoms with Crippen LogP contribution in [-0.2, 0) is 12.7 Å². The number of anilines is 2. The van der Waals surface area contributed by atoms with Crippen molar-refractivity contribution in [2.45, 2.75) is 12.7 Å². The summed E-state index contributed by atoms with van der Waals surface area (Å²) in [5.74, 6) is 0.0404. The third-order valence-corrected chi connectivity index (χ3v) is 2.78. The minimum absolute atomic E-state index is 0.0404. The molecule has 0 heterocycles. The summed E-state index contributed by atoms with van der Waals surface area (Å²) in [6, 6.07) is 9.42. The van der Waals surface area contributed by atoms with Crippen LogP contribution in [0.3, 0.4) is 0 Å². The van der Waals surface area contributed by atoms with Gasteiger partial charge in [-0.15, -0.1) is 0 Å². The molecule has 2 aromatic rings. The number of hydrogen-bond donors (Lipinski definition) is 3. The van der Waals surface area contributed by atoms with Crippen molar-refractivity contribution in [3.8, 4) is 5.75 Å². The van der Waals surface area contributed by atoms with Crippen molar-refractivity contribution in [3.63, 3.8) is 0 Å². The average molecular weight is 282 g/mol. The summed E-state index contributed by atoms with van der Waals surface area (Å²) in [6.45, 7) is 0.179. The van der Waals surface area contributed by atoms with E-state index in [0.29, 0.717) is 16.9 Å². The van der Waals surface area contributed by atoms with Crippen molar-refractivity contribution >= 4 is 11.4 Å². The molecule has 0 saturated heterocycles. The van der Waals surface area contributed by atoms with E-state index in [0.717, 1.165) is 12.1 Å². The molecule has 0 aliphatic carbocycles. The molecular weight excluding hydrogens is 269 g/mol. The zero-order valence-corrected chi connectivity index (χ0v) is 10.4. The number of nitrogens with one attached hydrogen (secondary N) is 1. The van der Waals surface area contributed by atoms with Gasteiger partial charge in [0.2, 0.25) is 0 Å². The molecule has 0 fully saturated rings. The number of phenolic OH excluding ortho intramolecular Hbond substituents is 1. The zero-order valence-electron chi connectivity index (χ0n) is 10.4. The molecule has 106 valence electrons. The van der Waals surface area contributed by atoms with E-state index in [1.807, 2.05) is 0 Å². The van der Waals surface area contributed by atoms with E-state index >= 15 is 0 Å². The molecular formula is C14H13F3N2O. The Labute approximate surface area is 113 Å². The Kier molecular flexibility index (Phi) is 3.74. The van der Waals surface area contributed by atoms with E-state index in [1.54, 1.807) is 12.1 Å². The van der Waals surface area contributed by atoms with E-state index in [2.05, 4.69) is 5.32 Å². The maximum atomic E-state index is 12.6. The number of aromatic hydroxyl groups is 1. The van der Waals surface area contributed by atoms with Gasteiger partial charge in [-0.2, -0.15) is 13.2 Å². The maximum absolute atomic E-state index is 12.6. The van der Waals surface area contributed by atoms with E-state index in [9.17, 15) is 18.3 Å². The summed E-state index contributed by atoms with van der Waals surface area (Å²) in [6.07, 6.45) is -4.38. The van der Waals surface area contributed by atoms with Crippen LogP contribution in [0, 0.1) is 0 Å². The first kappa shape index (κ1) is 14.0. The highest BCUT2D eigenvalue weighted by molar-refractivity contribution is 5.51. The number of rotatable bonds is 3. The second-order valence-corrected chi connectivity index (χ2v) is 4.32. The predicted molar refractivity (Wildman–Crippen MR) is 71.3 cm³/mol. The lowest BCUT2D eigenvalue weighted by Gasteiger charge is -2.11. The number of halogens is 3. The Morgan fingerprint density at radius 1 is 1.10 bits per heavy atom. The second-order valence-electron chi connectivity index (χ2n) is 4.32. The highest BCUT2D eigenvalue weighted by Crippen LogP contribution is 2.31. The van der Waals surface area contributed by atoms with E-state index in [1.165, 1.54) is 18.2 Å². The fraction of sp³-hybridized carbons (Fsp3) is 0.143. The van der Waals surface area contributed by atoms with Crippen molar-refractivity contribution in [1.29, 1.82) is 0 Å². The first-order valence-corrected chi connectivity index (χ1v) is 5.85. The summed E-state index contributed by atoms with van der Waals surface area (Å²) in [4.78, 5) is 0. The number of phenols is 1. The summed E-state index contributed by atoms with van der Waals surface area (Å²) in [7, 11) is 0. The largest absolute Gasteiger partial charge is 0.508 e. The fourth-order valence-corrected chi connectivity index (χ4v) is 1.75. The highest BCUT2D eigenvalue weighted by atomic mass is 19.4. The molecule has 20 heavy (non-hydrogen) atoms. The molecule has 0 radical (unpaired) electrons. The van der Waals surface area contributed by atoms with Gasteiger partial charge in [0, 0.05) is 23.5 Å². The van der Waals surface area contributed by atoms with Crippen LogP contribution in [0.15, 0.2) is 42.5 Å². The van der Waals surface area contributed by atoms with Crippen molar-refractivity contribution in [2.24, 2.45) is 0 Å². The van der Waals surface area contributed by atoms with Crippen LogP contribution in [0.1, 0.15) is 11.1 Å². The fourth-order valence-electron chi connectivity index (χ4n) is 1.75. The van der Waals surface area contributed by atoms with Crippen LogP contribution in [-0.4, -0.2) is 5.11 Å². The van der Waals surface area contributed by atoms with E-state index < -0.39 is 11.7 Å². The van der Waals surface area contributed by atoms with Crippen LogP contribution in [0.4, 0.5) is 24.5 Å². The molecule has 4 N–H and O–H groups in total. The number of nitrogen functional groups attached to an aromatic ring is 1. The first-order valence-electron chi connectivity index (χ1n) is 5.85. The molecule has 6 heteroatoms. The molecule has 0 aromatic heterocycles. The number of hydrogen-bond acceptors (Lipinski definition) is 3. The lowest BCUT2D eigenvalue weighted by molar-refractivity contribution is -0.137. The Morgan fingerprint density at radius 3 is 2.55 bits per heavy atom. The number of alkyl halides is 3. The molecule has 0 amide bonds. The van der Waals surface area contributed by atoms with Gasteiger partial charge in [0.05, 0.1) is 5.56 Å². The van der Waals surface area contributed by atoms with Gasteiger partial charge < -0.3 is 16.2 Å². The average Bonchev–Trinajstić information content (AvgIpc) is 2.39. The maximum Gasteiger partial charge on any atom is 0.416 e. The SMILES string of the molecule is Nc1ccc(O)c(CNc2cccc(C(F)(F)F)c2)c1. The topological polar surface area (TPSA) is 58.3 Å². The lowest BCUT2D eigenvalue weighted by Crippen LogP contribution is -2.06. The van der Waals surface area contributed by atoms with E-state index in [-0.39, 0.29) is 12.3 Å². The molecule has 0 spiro atoms. The van der Waals surface area contributed by atoms with Crippen LogP contribution in [0.25, 0.3) is 0 Å². The van der Waals surface area contributed by atoms with Crippen LogP contribution in [0.2, 0.25) is 0 Å².